The zero-order chi connectivity index (χ0) is 31.1. The highest BCUT2D eigenvalue weighted by molar-refractivity contribution is 7.99. The first kappa shape index (κ1) is 32.1. The van der Waals surface area contributed by atoms with E-state index in [9.17, 15) is 9.59 Å². The van der Waals surface area contributed by atoms with Crippen molar-refractivity contribution in [2.24, 2.45) is 0 Å². The zero-order valence-corrected chi connectivity index (χ0v) is 26.7. The maximum Gasteiger partial charge on any atom is 0.410 e. The summed E-state index contributed by atoms with van der Waals surface area (Å²) < 4.78 is 32.6. The number of esters is 1. The molecule has 1 aliphatic heterocycles. The molecule has 1 fully saturated rings. The van der Waals surface area contributed by atoms with Crippen molar-refractivity contribution in [3.05, 3.63) is 59.7 Å². The van der Waals surface area contributed by atoms with Crippen LogP contribution in [0.4, 0.5) is 4.79 Å². The lowest BCUT2D eigenvalue weighted by atomic mass is 9.98. The Bertz CT molecular complexity index is 1420. The number of benzene rings is 3. The quantitative estimate of drug-likeness (QED) is 0.151. The van der Waals surface area contributed by atoms with E-state index < -0.39 is 5.92 Å². The number of cyclic esters (lactones) is 1. The van der Waals surface area contributed by atoms with Gasteiger partial charge >= 0.3 is 12.1 Å². The second-order valence-corrected chi connectivity index (χ2v) is 12.5. The molecule has 0 N–H and O–H groups in total. The summed E-state index contributed by atoms with van der Waals surface area (Å²) in [6.07, 6.45) is 0.147. The Labute approximate surface area is 257 Å². The molecule has 1 aliphatic rings. The van der Waals surface area contributed by atoms with Crippen molar-refractivity contribution >= 4 is 34.6 Å². The Morgan fingerprint density at radius 1 is 0.953 bits per heavy atom. The first-order valence-corrected chi connectivity index (χ1v) is 15.2. The number of hydrogen-bond acceptors (Lipinski definition) is 9. The van der Waals surface area contributed by atoms with Crippen molar-refractivity contribution in [1.82, 2.24) is 4.90 Å². The zero-order valence-electron chi connectivity index (χ0n) is 25.9. The van der Waals surface area contributed by atoms with E-state index in [1.54, 1.807) is 45.1 Å². The topological polar surface area (TPSA) is 92.8 Å². The molecule has 0 bridgehead atoms. The van der Waals surface area contributed by atoms with Gasteiger partial charge in [0.15, 0.2) is 0 Å². The van der Waals surface area contributed by atoms with Gasteiger partial charge in [-0.2, -0.15) is 0 Å². The van der Waals surface area contributed by atoms with Gasteiger partial charge in [-0.15, -0.1) is 11.8 Å². The van der Waals surface area contributed by atoms with Crippen LogP contribution in [0.15, 0.2) is 48.5 Å². The van der Waals surface area contributed by atoms with Gasteiger partial charge in [0.1, 0.15) is 29.6 Å². The van der Waals surface area contributed by atoms with Gasteiger partial charge in [0.05, 0.1) is 47.0 Å². The third-order valence-corrected chi connectivity index (χ3v) is 9.35. The van der Waals surface area contributed by atoms with Crippen LogP contribution in [-0.2, 0) is 20.0 Å². The number of ether oxygens (including phenoxy) is 6. The van der Waals surface area contributed by atoms with Crippen LogP contribution in [0.5, 0.6) is 23.0 Å². The van der Waals surface area contributed by atoms with E-state index in [1.165, 1.54) is 0 Å². The maximum atomic E-state index is 12.8. The molecular formula is C33H41NO8S. The Balaban J connectivity index is 1.32. The summed E-state index contributed by atoms with van der Waals surface area (Å²) in [5.74, 6) is 2.67. The van der Waals surface area contributed by atoms with Crippen molar-refractivity contribution in [3.8, 4) is 23.0 Å². The van der Waals surface area contributed by atoms with Crippen molar-refractivity contribution in [3.63, 3.8) is 0 Å². The van der Waals surface area contributed by atoms with E-state index in [2.05, 4.69) is 13.8 Å². The molecule has 2 atom stereocenters. The molecule has 9 nitrogen and oxygen atoms in total. The number of thioether (sulfide) groups is 1. The van der Waals surface area contributed by atoms with Gasteiger partial charge in [0.25, 0.3) is 0 Å². The second-order valence-electron chi connectivity index (χ2n) is 10.9. The molecule has 0 saturated carbocycles. The van der Waals surface area contributed by atoms with Crippen molar-refractivity contribution in [2.45, 2.75) is 49.7 Å². The second kappa shape index (κ2) is 14.1. The molecule has 0 spiro atoms. The summed E-state index contributed by atoms with van der Waals surface area (Å²) in [7, 11) is 6.47. The van der Waals surface area contributed by atoms with Crippen molar-refractivity contribution in [1.29, 1.82) is 0 Å². The molecule has 10 heteroatoms. The standard InChI is InChI=1S/C33H41NO8S/c1-21(22-9-10-24-16-25(37-4)12-11-23(24)15-22)31(35)41-14-8-13-34-30(19-42-32(34)36)33(2,3)43-20-27-28(39-6)17-26(38-5)18-29(27)40-7/h9-12,15-18,21,30H,8,13-14,19-20H2,1-7H3/t21-,30-/m0/s1. The number of rotatable bonds is 14. The van der Waals surface area contributed by atoms with Crippen LogP contribution in [0.3, 0.4) is 0 Å². The number of methoxy groups -OCH3 is 4. The number of nitrogens with zero attached hydrogens (tertiary/aromatic N) is 1. The van der Waals surface area contributed by atoms with Gasteiger partial charge in [-0.1, -0.05) is 24.3 Å². The van der Waals surface area contributed by atoms with E-state index >= 15 is 0 Å². The summed E-state index contributed by atoms with van der Waals surface area (Å²) in [6.45, 7) is 6.95. The monoisotopic (exact) mass is 611 g/mol. The van der Waals surface area contributed by atoms with Gasteiger partial charge < -0.3 is 33.3 Å². The van der Waals surface area contributed by atoms with Gasteiger partial charge in [-0.05, 0) is 55.7 Å². The summed E-state index contributed by atoms with van der Waals surface area (Å²) in [4.78, 5) is 27.3. The Hall–Kier alpha value is -3.79. The SMILES string of the molecule is COc1cc(OC)c(CSC(C)(C)[C@@H]2COC(=O)N2CCCOC(=O)[C@@H](C)c2ccc3cc(OC)ccc3c2)c(OC)c1. The first-order valence-electron chi connectivity index (χ1n) is 14.2. The molecule has 1 saturated heterocycles. The highest BCUT2D eigenvalue weighted by atomic mass is 32.2. The van der Waals surface area contributed by atoms with Gasteiger partial charge in [-0.3, -0.25) is 4.79 Å². The molecule has 4 rings (SSSR count). The maximum absolute atomic E-state index is 12.8. The predicted molar refractivity (Wildman–Crippen MR) is 168 cm³/mol. The Morgan fingerprint density at radius 3 is 2.26 bits per heavy atom. The molecule has 232 valence electrons. The number of hydrogen-bond donors (Lipinski definition) is 0. The number of carbonyl (C=O) groups excluding carboxylic acids is 2. The van der Waals surface area contributed by atoms with Crippen molar-refractivity contribution in [2.75, 3.05) is 48.2 Å². The van der Waals surface area contributed by atoms with E-state index in [0.29, 0.717) is 42.6 Å². The smallest absolute Gasteiger partial charge is 0.410 e. The largest absolute Gasteiger partial charge is 0.497 e. The third-order valence-electron chi connectivity index (χ3n) is 7.90. The molecule has 0 aromatic heterocycles. The van der Waals surface area contributed by atoms with Crippen LogP contribution in [0, 0.1) is 0 Å². The van der Waals surface area contributed by atoms with Crippen LogP contribution >= 0.6 is 11.8 Å². The molecular weight excluding hydrogens is 570 g/mol. The third kappa shape index (κ3) is 7.41. The average molecular weight is 612 g/mol. The minimum atomic E-state index is -0.418. The minimum absolute atomic E-state index is 0.161. The van der Waals surface area contributed by atoms with Crippen molar-refractivity contribution < 1.29 is 38.0 Å². The van der Waals surface area contributed by atoms with Crippen LogP contribution in [0.2, 0.25) is 0 Å². The normalized spacial score (nSPS) is 15.7. The van der Waals surface area contributed by atoms with E-state index in [-0.39, 0.29) is 29.5 Å². The summed E-state index contributed by atoms with van der Waals surface area (Å²) in [5.41, 5.74) is 1.79. The highest BCUT2D eigenvalue weighted by Gasteiger charge is 2.43. The summed E-state index contributed by atoms with van der Waals surface area (Å²) >= 11 is 1.69. The fourth-order valence-electron chi connectivity index (χ4n) is 5.16. The molecule has 0 radical (unpaired) electrons. The predicted octanol–water partition coefficient (Wildman–Crippen LogP) is 6.44. The average Bonchev–Trinajstić information content (AvgIpc) is 3.41. The number of fused-ring (bicyclic) bond motifs is 1. The van der Waals surface area contributed by atoms with Crippen LogP contribution in [0.25, 0.3) is 10.8 Å². The fourth-order valence-corrected chi connectivity index (χ4v) is 6.34. The van der Waals surface area contributed by atoms with Gasteiger partial charge in [-0.25, -0.2) is 4.79 Å². The Kier molecular flexibility index (Phi) is 10.6. The molecule has 1 heterocycles. The molecule has 3 aromatic carbocycles. The first-order chi connectivity index (χ1) is 20.6. The summed E-state index contributed by atoms with van der Waals surface area (Å²) in [5, 5.41) is 2.07. The lowest BCUT2D eigenvalue weighted by Gasteiger charge is -2.35. The molecule has 3 aromatic rings. The van der Waals surface area contributed by atoms with Gasteiger partial charge in [0.2, 0.25) is 0 Å². The van der Waals surface area contributed by atoms with Crippen LogP contribution in [0.1, 0.15) is 44.2 Å². The summed E-state index contributed by atoms with van der Waals surface area (Å²) in [6, 6.07) is 15.3. The molecule has 1 amide bonds. The minimum Gasteiger partial charge on any atom is -0.497 e. The molecule has 43 heavy (non-hydrogen) atoms. The fraction of sp³-hybridized carbons (Fsp3) is 0.455. The van der Waals surface area contributed by atoms with Crippen LogP contribution in [-0.4, -0.2) is 75.9 Å². The lowest BCUT2D eigenvalue weighted by molar-refractivity contribution is -0.145. The van der Waals surface area contributed by atoms with E-state index in [4.69, 9.17) is 28.4 Å². The lowest BCUT2D eigenvalue weighted by Crippen LogP contribution is -2.47. The highest BCUT2D eigenvalue weighted by Crippen LogP contribution is 2.42. The van der Waals surface area contributed by atoms with E-state index in [1.807, 2.05) is 55.5 Å². The van der Waals surface area contributed by atoms with E-state index in [0.717, 1.165) is 27.6 Å². The Morgan fingerprint density at radius 2 is 1.60 bits per heavy atom. The molecule has 0 unspecified atom stereocenters. The molecule has 0 aliphatic carbocycles. The van der Waals surface area contributed by atoms with Gasteiger partial charge in [0, 0.05) is 34.7 Å². The number of carbonyl (C=O) groups is 2. The number of amides is 1. The van der Waals surface area contributed by atoms with Crippen LogP contribution < -0.4 is 18.9 Å².